The number of aromatic nitrogens is 2. The van der Waals surface area contributed by atoms with Crippen LogP contribution in [0.4, 0.5) is 0 Å². The highest BCUT2D eigenvalue weighted by molar-refractivity contribution is 6.00. The molecule has 25 heavy (non-hydrogen) atoms. The lowest BCUT2D eigenvalue weighted by molar-refractivity contribution is 0.0948. The van der Waals surface area contributed by atoms with Gasteiger partial charge < -0.3 is 0 Å². The Balaban J connectivity index is 1.61. The Morgan fingerprint density at radius 3 is 2.80 bits per heavy atom. The predicted octanol–water partition coefficient (Wildman–Crippen LogP) is 3.56. The van der Waals surface area contributed by atoms with Crippen LogP contribution >= 0.6 is 0 Å². The van der Waals surface area contributed by atoms with Crippen molar-refractivity contribution in [3.8, 4) is 0 Å². The fraction of sp³-hybridized carbons (Fsp3) is 0.0500. The molecule has 4 aromatic rings. The molecule has 0 aliphatic rings. The molecule has 0 saturated heterocycles. The molecule has 0 aliphatic heterocycles. The number of hydrazone groups is 1. The van der Waals surface area contributed by atoms with E-state index < -0.39 is 0 Å². The van der Waals surface area contributed by atoms with E-state index in [4.69, 9.17) is 0 Å². The normalized spacial score (nSPS) is 11.4. The minimum Gasteiger partial charge on any atom is -0.295 e. The molecule has 0 spiro atoms. The molecule has 0 aliphatic carbocycles. The molecular formula is C20H16N4O. The van der Waals surface area contributed by atoms with Crippen LogP contribution in [-0.4, -0.2) is 21.5 Å². The van der Waals surface area contributed by atoms with E-state index in [1.807, 2.05) is 73.8 Å². The van der Waals surface area contributed by atoms with Crippen molar-refractivity contribution >= 4 is 28.5 Å². The number of hydrogen-bond donors (Lipinski definition) is 1. The number of amides is 1. The average molecular weight is 328 g/mol. The van der Waals surface area contributed by atoms with Gasteiger partial charge in [0, 0.05) is 11.8 Å². The number of nitrogens with one attached hydrogen (secondary N) is 1. The zero-order chi connectivity index (χ0) is 17.2. The Hall–Kier alpha value is -3.47. The second-order valence-electron chi connectivity index (χ2n) is 5.74. The van der Waals surface area contributed by atoms with Gasteiger partial charge in [0.2, 0.25) is 0 Å². The SMILES string of the molecule is Cc1nc2ccccn2c1C(=O)N/N=C/c1cccc2ccccc12. The molecule has 0 radical (unpaired) electrons. The van der Waals surface area contributed by atoms with Crippen molar-refractivity contribution in [3.63, 3.8) is 0 Å². The number of nitrogens with zero attached hydrogens (tertiary/aromatic N) is 3. The number of fused-ring (bicyclic) bond motifs is 2. The van der Waals surface area contributed by atoms with Gasteiger partial charge in [0.25, 0.3) is 5.91 Å². The van der Waals surface area contributed by atoms with Crippen LogP contribution in [0.15, 0.2) is 72.0 Å². The van der Waals surface area contributed by atoms with E-state index in [1.54, 1.807) is 10.6 Å². The Labute approximate surface area is 144 Å². The van der Waals surface area contributed by atoms with Gasteiger partial charge in [0.1, 0.15) is 11.3 Å². The number of carbonyl (C=O) groups excluding carboxylic acids is 1. The summed E-state index contributed by atoms with van der Waals surface area (Å²) >= 11 is 0. The summed E-state index contributed by atoms with van der Waals surface area (Å²) in [6, 6.07) is 19.7. The second-order valence-corrected chi connectivity index (χ2v) is 5.74. The first-order chi connectivity index (χ1) is 12.2. The summed E-state index contributed by atoms with van der Waals surface area (Å²) in [5.74, 6) is -0.285. The molecule has 5 heteroatoms. The van der Waals surface area contributed by atoms with E-state index in [2.05, 4.69) is 15.5 Å². The number of pyridine rings is 1. The van der Waals surface area contributed by atoms with Crippen LogP contribution in [0.25, 0.3) is 16.4 Å². The van der Waals surface area contributed by atoms with Crippen LogP contribution in [0, 0.1) is 6.92 Å². The first-order valence-electron chi connectivity index (χ1n) is 7.99. The van der Waals surface area contributed by atoms with Crippen molar-refractivity contribution in [1.29, 1.82) is 0 Å². The van der Waals surface area contributed by atoms with Crippen molar-refractivity contribution in [2.45, 2.75) is 6.92 Å². The smallest absolute Gasteiger partial charge is 0.290 e. The van der Waals surface area contributed by atoms with E-state index in [9.17, 15) is 4.79 Å². The van der Waals surface area contributed by atoms with Gasteiger partial charge in [-0.05, 0) is 29.8 Å². The van der Waals surface area contributed by atoms with E-state index in [0.717, 1.165) is 22.0 Å². The summed E-state index contributed by atoms with van der Waals surface area (Å²) in [4.78, 5) is 16.9. The number of carbonyl (C=O) groups is 1. The number of rotatable bonds is 3. The van der Waals surface area contributed by atoms with Crippen LogP contribution in [0.5, 0.6) is 0 Å². The summed E-state index contributed by atoms with van der Waals surface area (Å²) in [6.07, 6.45) is 3.48. The third kappa shape index (κ3) is 2.76. The number of aryl methyl sites for hydroxylation is 1. The van der Waals surface area contributed by atoms with E-state index in [1.165, 1.54) is 0 Å². The van der Waals surface area contributed by atoms with Crippen LogP contribution in [0.2, 0.25) is 0 Å². The minimum absolute atomic E-state index is 0.285. The average Bonchev–Trinajstić information content (AvgIpc) is 2.97. The van der Waals surface area contributed by atoms with Crippen molar-refractivity contribution in [3.05, 3.63) is 83.8 Å². The maximum Gasteiger partial charge on any atom is 0.290 e. The zero-order valence-electron chi connectivity index (χ0n) is 13.7. The molecule has 0 atom stereocenters. The van der Waals surface area contributed by atoms with Crippen molar-refractivity contribution < 1.29 is 4.79 Å². The first kappa shape index (κ1) is 15.1. The molecule has 2 heterocycles. The highest BCUT2D eigenvalue weighted by Crippen LogP contribution is 2.17. The number of hydrogen-bond acceptors (Lipinski definition) is 3. The van der Waals surface area contributed by atoms with Gasteiger partial charge >= 0.3 is 0 Å². The minimum atomic E-state index is -0.285. The molecule has 2 aromatic heterocycles. The fourth-order valence-corrected chi connectivity index (χ4v) is 2.96. The first-order valence-corrected chi connectivity index (χ1v) is 7.99. The van der Waals surface area contributed by atoms with Crippen molar-refractivity contribution in [2.75, 3.05) is 0 Å². The molecule has 0 saturated carbocycles. The molecule has 4 rings (SSSR count). The summed E-state index contributed by atoms with van der Waals surface area (Å²) in [6.45, 7) is 1.82. The Kier molecular flexibility index (Phi) is 3.74. The molecule has 0 unspecified atom stereocenters. The van der Waals surface area contributed by atoms with E-state index >= 15 is 0 Å². The summed E-state index contributed by atoms with van der Waals surface area (Å²) in [7, 11) is 0. The van der Waals surface area contributed by atoms with Gasteiger partial charge in [-0.1, -0.05) is 48.5 Å². The zero-order valence-corrected chi connectivity index (χ0v) is 13.7. The van der Waals surface area contributed by atoms with Crippen LogP contribution in [0.1, 0.15) is 21.7 Å². The quantitative estimate of drug-likeness (QED) is 0.462. The lowest BCUT2D eigenvalue weighted by atomic mass is 10.1. The van der Waals surface area contributed by atoms with Gasteiger partial charge in [-0.15, -0.1) is 0 Å². The van der Waals surface area contributed by atoms with Crippen molar-refractivity contribution in [2.24, 2.45) is 5.10 Å². The van der Waals surface area contributed by atoms with Gasteiger partial charge in [-0.2, -0.15) is 5.10 Å². The highest BCUT2D eigenvalue weighted by atomic mass is 16.2. The molecule has 122 valence electrons. The second kappa shape index (κ2) is 6.20. The molecule has 0 fully saturated rings. The maximum absolute atomic E-state index is 12.5. The molecule has 1 amide bonds. The standard InChI is InChI=1S/C20H16N4O/c1-14-19(24-12-5-4-11-18(24)22-14)20(25)23-21-13-16-9-6-8-15-7-2-3-10-17(15)16/h2-13H,1H3,(H,23,25)/b21-13+. The third-order valence-electron chi connectivity index (χ3n) is 4.11. The summed E-state index contributed by atoms with van der Waals surface area (Å²) in [5.41, 5.74) is 5.45. The van der Waals surface area contributed by atoms with Crippen molar-refractivity contribution in [1.82, 2.24) is 14.8 Å². The highest BCUT2D eigenvalue weighted by Gasteiger charge is 2.15. The molecule has 0 bridgehead atoms. The van der Waals surface area contributed by atoms with Crippen LogP contribution in [0.3, 0.4) is 0 Å². The number of benzene rings is 2. The summed E-state index contributed by atoms with van der Waals surface area (Å²) in [5, 5.41) is 6.36. The fourth-order valence-electron chi connectivity index (χ4n) is 2.96. The van der Waals surface area contributed by atoms with Crippen LogP contribution in [-0.2, 0) is 0 Å². The van der Waals surface area contributed by atoms with E-state index in [0.29, 0.717) is 11.4 Å². The third-order valence-corrected chi connectivity index (χ3v) is 4.11. The molecule has 5 nitrogen and oxygen atoms in total. The monoisotopic (exact) mass is 328 g/mol. The predicted molar refractivity (Wildman–Crippen MR) is 98.9 cm³/mol. The Morgan fingerprint density at radius 2 is 1.88 bits per heavy atom. The number of imidazole rings is 1. The molecular weight excluding hydrogens is 312 g/mol. The Morgan fingerprint density at radius 1 is 1.08 bits per heavy atom. The van der Waals surface area contributed by atoms with Gasteiger partial charge in [-0.25, -0.2) is 10.4 Å². The van der Waals surface area contributed by atoms with Crippen LogP contribution < -0.4 is 5.43 Å². The van der Waals surface area contributed by atoms with Gasteiger partial charge in [0.15, 0.2) is 0 Å². The molecule has 2 aromatic carbocycles. The largest absolute Gasteiger partial charge is 0.295 e. The van der Waals surface area contributed by atoms with Gasteiger partial charge in [-0.3, -0.25) is 9.20 Å². The lowest BCUT2D eigenvalue weighted by Gasteiger charge is -2.03. The summed E-state index contributed by atoms with van der Waals surface area (Å²) < 4.78 is 1.76. The maximum atomic E-state index is 12.5. The van der Waals surface area contributed by atoms with E-state index in [-0.39, 0.29) is 5.91 Å². The topological polar surface area (TPSA) is 58.8 Å². The van der Waals surface area contributed by atoms with Gasteiger partial charge in [0.05, 0.1) is 11.9 Å². The lowest BCUT2D eigenvalue weighted by Crippen LogP contribution is -2.20. The molecule has 1 N–H and O–H groups in total. The Bertz CT molecular complexity index is 1110.